The van der Waals surface area contributed by atoms with Gasteiger partial charge in [-0.3, -0.25) is 9.59 Å². The molecule has 1 aliphatic carbocycles. The Kier molecular flexibility index (Phi) is 3.11. The summed E-state index contributed by atoms with van der Waals surface area (Å²) in [6.45, 7) is -1.56. The van der Waals surface area contributed by atoms with Crippen molar-refractivity contribution in [1.29, 1.82) is 0 Å². The molecule has 0 aromatic carbocycles. The van der Waals surface area contributed by atoms with Crippen molar-refractivity contribution in [2.75, 3.05) is 6.54 Å². The number of nitrogens with one attached hydrogen (secondary N) is 1. The first-order chi connectivity index (χ1) is 7.22. The van der Waals surface area contributed by atoms with E-state index in [-0.39, 0.29) is 12.8 Å². The maximum Gasteiger partial charge on any atom is 0.324 e. The molecule has 1 rings (SSSR count). The number of carbonyl (C=O) groups excluding carboxylic acids is 1. The molecule has 0 radical (unpaired) electrons. The van der Waals surface area contributed by atoms with Crippen LogP contribution < -0.4 is 5.32 Å². The lowest BCUT2D eigenvalue weighted by molar-refractivity contribution is -0.152. The number of rotatable bonds is 5. The van der Waals surface area contributed by atoms with E-state index in [1.807, 2.05) is 0 Å². The van der Waals surface area contributed by atoms with Crippen LogP contribution in [-0.4, -0.2) is 35.9 Å². The molecule has 0 heterocycles. The summed E-state index contributed by atoms with van der Waals surface area (Å²) in [4.78, 5) is 21.8. The largest absolute Gasteiger partial charge is 0.480 e. The number of amides is 1. The summed E-state index contributed by atoms with van der Waals surface area (Å²) >= 11 is 0. The Morgan fingerprint density at radius 2 is 1.88 bits per heavy atom. The van der Waals surface area contributed by atoms with Crippen molar-refractivity contribution < 1.29 is 32.3 Å². The Hall–Kier alpha value is -1.34. The highest BCUT2D eigenvalue weighted by atomic mass is 19.3. The third-order valence-corrected chi connectivity index (χ3v) is 2.40. The predicted octanol–water partition coefficient (Wildman–Crippen LogP) is 0.868. The molecule has 16 heavy (non-hydrogen) atoms. The maximum atomic E-state index is 12.4. The Bertz CT molecular complexity index is 314. The van der Waals surface area contributed by atoms with Crippen LogP contribution in [-0.2, 0) is 9.59 Å². The lowest BCUT2D eigenvalue weighted by Crippen LogP contribution is -2.45. The Labute approximate surface area is 87.6 Å². The molecule has 4 nitrogen and oxygen atoms in total. The zero-order valence-corrected chi connectivity index (χ0v) is 7.97. The molecular weight excluding hydrogens is 234 g/mol. The highest BCUT2D eigenvalue weighted by Crippen LogP contribution is 2.46. The Morgan fingerprint density at radius 1 is 1.38 bits per heavy atom. The van der Waals surface area contributed by atoms with E-state index in [1.165, 1.54) is 5.32 Å². The first-order valence-corrected chi connectivity index (χ1v) is 4.40. The van der Waals surface area contributed by atoms with Gasteiger partial charge in [-0.2, -0.15) is 8.78 Å². The van der Waals surface area contributed by atoms with Crippen LogP contribution in [0.15, 0.2) is 0 Å². The van der Waals surface area contributed by atoms with Crippen LogP contribution in [0.3, 0.4) is 0 Å². The zero-order valence-electron chi connectivity index (χ0n) is 7.97. The number of carboxylic acid groups (broad SMARTS) is 1. The third-order valence-electron chi connectivity index (χ3n) is 2.40. The minimum absolute atomic E-state index is 0.0361. The summed E-state index contributed by atoms with van der Waals surface area (Å²) < 4.78 is 48.2. The van der Waals surface area contributed by atoms with Crippen molar-refractivity contribution in [3.05, 3.63) is 0 Å². The van der Waals surface area contributed by atoms with E-state index in [1.54, 1.807) is 0 Å². The lowest BCUT2D eigenvalue weighted by Gasteiger charge is -2.17. The van der Waals surface area contributed by atoms with Crippen LogP contribution in [0.2, 0.25) is 0 Å². The van der Waals surface area contributed by atoms with E-state index in [0.717, 1.165) is 0 Å². The van der Waals surface area contributed by atoms with Gasteiger partial charge in [0.15, 0.2) is 0 Å². The van der Waals surface area contributed by atoms with Crippen molar-refractivity contribution in [1.82, 2.24) is 5.32 Å². The standard InChI is InChI=1S/C8H9F4NO3/c9-4(10)8(11,12)3-13-5(14)7(1-2-7)6(15)16/h4H,1-3H2,(H,13,14)(H,15,16). The summed E-state index contributed by atoms with van der Waals surface area (Å²) in [5.74, 6) is -6.91. The van der Waals surface area contributed by atoms with Crippen molar-refractivity contribution in [2.24, 2.45) is 5.41 Å². The van der Waals surface area contributed by atoms with Gasteiger partial charge in [-0.05, 0) is 12.8 Å². The van der Waals surface area contributed by atoms with Crippen molar-refractivity contribution >= 4 is 11.9 Å². The monoisotopic (exact) mass is 243 g/mol. The van der Waals surface area contributed by atoms with Gasteiger partial charge in [0.1, 0.15) is 5.41 Å². The highest BCUT2D eigenvalue weighted by molar-refractivity contribution is 6.04. The average Bonchev–Trinajstić information content (AvgIpc) is 2.94. The van der Waals surface area contributed by atoms with Gasteiger partial charge < -0.3 is 10.4 Å². The normalized spacial score (nSPS) is 18.3. The fraction of sp³-hybridized carbons (Fsp3) is 0.750. The predicted molar refractivity (Wildman–Crippen MR) is 43.3 cm³/mol. The summed E-state index contributed by atoms with van der Waals surface area (Å²) in [6.07, 6.45) is -3.82. The van der Waals surface area contributed by atoms with Crippen LogP contribution in [0.4, 0.5) is 17.6 Å². The molecule has 0 bridgehead atoms. The average molecular weight is 243 g/mol. The molecule has 1 fully saturated rings. The Balaban J connectivity index is 2.51. The lowest BCUT2D eigenvalue weighted by atomic mass is 10.1. The number of halogens is 4. The second-order valence-corrected chi connectivity index (χ2v) is 3.63. The quantitative estimate of drug-likeness (QED) is 0.556. The zero-order chi connectivity index (χ0) is 12.6. The molecule has 1 amide bonds. The van der Waals surface area contributed by atoms with Crippen LogP contribution in [0, 0.1) is 5.41 Å². The molecule has 0 aromatic heterocycles. The summed E-state index contributed by atoms with van der Waals surface area (Å²) in [5, 5.41) is 10.2. The Morgan fingerprint density at radius 3 is 2.19 bits per heavy atom. The highest BCUT2D eigenvalue weighted by Gasteiger charge is 2.57. The number of hydrogen-bond donors (Lipinski definition) is 2. The number of alkyl halides is 4. The fourth-order valence-electron chi connectivity index (χ4n) is 1.11. The molecule has 0 aliphatic heterocycles. The molecule has 1 aliphatic rings. The van der Waals surface area contributed by atoms with Gasteiger partial charge in [0.2, 0.25) is 5.91 Å². The summed E-state index contributed by atoms with van der Waals surface area (Å²) in [5.41, 5.74) is -1.70. The molecule has 2 N–H and O–H groups in total. The summed E-state index contributed by atoms with van der Waals surface area (Å²) in [7, 11) is 0. The van der Waals surface area contributed by atoms with Gasteiger partial charge in [0.05, 0.1) is 6.54 Å². The minimum Gasteiger partial charge on any atom is -0.480 e. The van der Waals surface area contributed by atoms with E-state index >= 15 is 0 Å². The fourth-order valence-corrected chi connectivity index (χ4v) is 1.11. The smallest absolute Gasteiger partial charge is 0.324 e. The molecule has 0 aromatic rings. The second-order valence-electron chi connectivity index (χ2n) is 3.63. The molecule has 0 atom stereocenters. The van der Waals surface area contributed by atoms with E-state index in [4.69, 9.17) is 5.11 Å². The van der Waals surface area contributed by atoms with Gasteiger partial charge in [0.25, 0.3) is 0 Å². The van der Waals surface area contributed by atoms with Crippen LogP contribution in [0.25, 0.3) is 0 Å². The van der Waals surface area contributed by atoms with Gasteiger partial charge in [0, 0.05) is 0 Å². The van der Waals surface area contributed by atoms with Gasteiger partial charge in [-0.25, -0.2) is 8.78 Å². The van der Waals surface area contributed by atoms with Gasteiger partial charge in [-0.1, -0.05) is 0 Å². The molecule has 0 saturated heterocycles. The first-order valence-electron chi connectivity index (χ1n) is 4.40. The van der Waals surface area contributed by atoms with E-state index < -0.39 is 36.2 Å². The first kappa shape index (κ1) is 12.7. The van der Waals surface area contributed by atoms with E-state index in [9.17, 15) is 27.2 Å². The van der Waals surface area contributed by atoms with Gasteiger partial charge >= 0.3 is 18.3 Å². The number of hydrogen-bond acceptors (Lipinski definition) is 2. The van der Waals surface area contributed by atoms with Crippen LogP contribution in [0.5, 0.6) is 0 Å². The molecular formula is C8H9F4NO3. The molecule has 1 saturated carbocycles. The van der Waals surface area contributed by atoms with E-state index in [2.05, 4.69) is 0 Å². The number of aliphatic carboxylic acids is 1. The molecule has 0 unspecified atom stereocenters. The van der Waals surface area contributed by atoms with Crippen molar-refractivity contribution in [3.63, 3.8) is 0 Å². The van der Waals surface area contributed by atoms with Crippen LogP contribution >= 0.6 is 0 Å². The second kappa shape index (κ2) is 3.91. The number of carbonyl (C=O) groups is 2. The van der Waals surface area contributed by atoms with Crippen molar-refractivity contribution in [2.45, 2.75) is 25.2 Å². The SMILES string of the molecule is O=C(O)C1(C(=O)NCC(F)(F)C(F)F)CC1. The van der Waals surface area contributed by atoms with E-state index in [0.29, 0.717) is 0 Å². The van der Waals surface area contributed by atoms with Gasteiger partial charge in [-0.15, -0.1) is 0 Å². The molecule has 8 heteroatoms. The maximum absolute atomic E-state index is 12.4. The summed E-state index contributed by atoms with van der Waals surface area (Å²) in [6, 6.07) is 0. The molecule has 0 spiro atoms. The minimum atomic E-state index is -4.34. The van der Waals surface area contributed by atoms with Crippen molar-refractivity contribution in [3.8, 4) is 0 Å². The third kappa shape index (κ3) is 2.25. The molecule has 92 valence electrons. The topological polar surface area (TPSA) is 66.4 Å². The van der Waals surface area contributed by atoms with Crippen LogP contribution in [0.1, 0.15) is 12.8 Å². The number of carboxylic acids is 1.